The van der Waals surface area contributed by atoms with Gasteiger partial charge in [-0.2, -0.15) is 5.26 Å². The molecule has 1 heterocycles. The zero-order valence-corrected chi connectivity index (χ0v) is 12.5. The molecule has 0 bridgehead atoms. The largest absolute Gasteiger partial charge is 0.507 e. The SMILES string of the molecule is Cc1cc(O)c2c3c(n(C#N)c2c1)C(=O)c1c(O)cccc1C3=O. The lowest BCUT2D eigenvalue weighted by Crippen LogP contribution is -2.22. The van der Waals surface area contributed by atoms with E-state index in [-0.39, 0.29) is 44.8 Å². The molecule has 0 unspecified atom stereocenters. The van der Waals surface area contributed by atoms with Crippen molar-refractivity contribution in [1.82, 2.24) is 4.57 Å². The van der Waals surface area contributed by atoms with E-state index in [9.17, 15) is 25.1 Å². The molecular weight excluding hydrogens is 308 g/mol. The van der Waals surface area contributed by atoms with E-state index in [1.165, 1.54) is 24.3 Å². The lowest BCUT2D eigenvalue weighted by atomic mass is 9.86. The van der Waals surface area contributed by atoms with Gasteiger partial charge < -0.3 is 10.2 Å². The molecule has 1 aliphatic rings. The van der Waals surface area contributed by atoms with Gasteiger partial charge in [0, 0.05) is 5.56 Å². The lowest BCUT2D eigenvalue weighted by Gasteiger charge is -2.16. The normalized spacial score (nSPS) is 12.8. The Morgan fingerprint density at radius 1 is 1.04 bits per heavy atom. The quantitative estimate of drug-likeness (QED) is 0.518. The second-order valence-corrected chi connectivity index (χ2v) is 5.70. The van der Waals surface area contributed by atoms with E-state index in [0.29, 0.717) is 5.56 Å². The minimum absolute atomic E-state index is 0.00727. The van der Waals surface area contributed by atoms with Crippen molar-refractivity contribution in [3.63, 3.8) is 0 Å². The van der Waals surface area contributed by atoms with E-state index in [1.807, 2.05) is 6.19 Å². The Morgan fingerprint density at radius 3 is 2.50 bits per heavy atom. The zero-order valence-electron chi connectivity index (χ0n) is 12.5. The Morgan fingerprint density at radius 2 is 1.79 bits per heavy atom. The first kappa shape index (κ1) is 14.0. The van der Waals surface area contributed by atoms with Crippen molar-refractivity contribution in [1.29, 1.82) is 5.26 Å². The van der Waals surface area contributed by atoms with Crippen molar-refractivity contribution in [2.45, 2.75) is 6.92 Å². The van der Waals surface area contributed by atoms with E-state index in [1.54, 1.807) is 13.0 Å². The molecule has 0 fully saturated rings. The van der Waals surface area contributed by atoms with Crippen molar-refractivity contribution >= 4 is 22.5 Å². The van der Waals surface area contributed by atoms with Crippen LogP contribution in [0.4, 0.5) is 0 Å². The molecule has 2 N–H and O–H groups in total. The van der Waals surface area contributed by atoms with Crippen LogP contribution in [0.2, 0.25) is 0 Å². The summed E-state index contributed by atoms with van der Waals surface area (Å²) in [6.07, 6.45) is 1.88. The topological polar surface area (TPSA) is 103 Å². The summed E-state index contributed by atoms with van der Waals surface area (Å²) >= 11 is 0. The van der Waals surface area contributed by atoms with Gasteiger partial charge in [0.25, 0.3) is 0 Å². The number of hydrogen-bond donors (Lipinski definition) is 2. The maximum atomic E-state index is 12.9. The van der Waals surface area contributed by atoms with Crippen molar-refractivity contribution in [3.05, 3.63) is 58.3 Å². The van der Waals surface area contributed by atoms with Crippen LogP contribution in [-0.2, 0) is 0 Å². The molecule has 0 radical (unpaired) electrons. The molecule has 1 aromatic heterocycles. The first-order valence-corrected chi connectivity index (χ1v) is 7.15. The lowest BCUT2D eigenvalue weighted by molar-refractivity contribution is 0.0974. The molecule has 0 spiro atoms. The highest BCUT2D eigenvalue weighted by atomic mass is 16.3. The number of ketones is 2. The summed E-state index contributed by atoms with van der Waals surface area (Å²) in [4.78, 5) is 25.7. The summed E-state index contributed by atoms with van der Waals surface area (Å²) in [6, 6.07) is 7.33. The van der Waals surface area contributed by atoms with Crippen molar-refractivity contribution in [2.75, 3.05) is 0 Å². The molecule has 0 amide bonds. The number of nitriles is 1. The van der Waals surface area contributed by atoms with Gasteiger partial charge in [0.15, 0.2) is 12.0 Å². The number of phenolic OH excluding ortho intramolecular Hbond substituents is 2. The highest BCUT2D eigenvalue weighted by Gasteiger charge is 2.38. The van der Waals surface area contributed by atoms with Crippen LogP contribution in [0, 0.1) is 18.4 Å². The van der Waals surface area contributed by atoms with Crippen LogP contribution in [0.15, 0.2) is 30.3 Å². The number of rotatable bonds is 0. The number of carbonyl (C=O) groups excluding carboxylic acids is 2. The fraction of sp³-hybridized carbons (Fsp3) is 0.0556. The van der Waals surface area contributed by atoms with Gasteiger partial charge in [-0.05, 0) is 30.7 Å². The maximum Gasteiger partial charge on any atom is 0.215 e. The van der Waals surface area contributed by atoms with Crippen molar-refractivity contribution in [2.24, 2.45) is 0 Å². The van der Waals surface area contributed by atoms with Gasteiger partial charge in [-0.15, -0.1) is 0 Å². The number of aromatic hydroxyl groups is 2. The monoisotopic (exact) mass is 318 g/mol. The molecule has 3 aromatic rings. The average molecular weight is 318 g/mol. The summed E-state index contributed by atoms with van der Waals surface area (Å²) in [5, 5.41) is 29.9. The Hall–Kier alpha value is -3.59. The highest BCUT2D eigenvalue weighted by Crippen LogP contribution is 2.41. The van der Waals surface area contributed by atoms with Crippen LogP contribution in [-0.4, -0.2) is 26.3 Å². The molecule has 0 atom stereocenters. The predicted octanol–water partition coefficient (Wildman–Crippen LogP) is 2.47. The Balaban J connectivity index is 2.24. The smallest absolute Gasteiger partial charge is 0.215 e. The fourth-order valence-corrected chi connectivity index (χ4v) is 3.29. The Labute approximate surface area is 135 Å². The maximum absolute atomic E-state index is 12.9. The molecule has 0 saturated heterocycles. The molecular formula is C18H10N2O4. The van der Waals surface area contributed by atoms with Crippen LogP contribution >= 0.6 is 0 Å². The molecule has 6 nitrogen and oxygen atoms in total. The Bertz CT molecular complexity index is 1130. The third-order valence-electron chi connectivity index (χ3n) is 4.25. The predicted molar refractivity (Wildman–Crippen MR) is 84.3 cm³/mol. The minimum Gasteiger partial charge on any atom is -0.507 e. The van der Waals surface area contributed by atoms with Crippen LogP contribution in [0.1, 0.15) is 37.5 Å². The van der Waals surface area contributed by atoms with Crippen LogP contribution < -0.4 is 0 Å². The highest BCUT2D eigenvalue weighted by molar-refractivity contribution is 6.33. The number of hydrogen-bond acceptors (Lipinski definition) is 5. The molecule has 0 saturated carbocycles. The molecule has 116 valence electrons. The Kier molecular flexibility index (Phi) is 2.61. The van der Waals surface area contributed by atoms with E-state index in [4.69, 9.17) is 0 Å². The van der Waals surface area contributed by atoms with Crippen molar-refractivity contribution in [3.8, 4) is 17.7 Å². The summed E-state index contributed by atoms with van der Waals surface area (Å²) in [5.41, 5.74) is 0.773. The number of nitrogens with zero attached hydrogens (tertiary/aromatic N) is 2. The first-order valence-electron chi connectivity index (χ1n) is 7.15. The third kappa shape index (κ3) is 1.53. The van der Waals surface area contributed by atoms with E-state index in [2.05, 4.69) is 0 Å². The molecule has 0 aliphatic heterocycles. The van der Waals surface area contributed by atoms with Gasteiger partial charge in [-0.25, -0.2) is 4.57 Å². The number of carbonyl (C=O) groups is 2. The summed E-state index contributed by atoms with van der Waals surface area (Å²) < 4.78 is 1.03. The van der Waals surface area contributed by atoms with Gasteiger partial charge in [0.1, 0.15) is 17.2 Å². The van der Waals surface area contributed by atoms with Gasteiger partial charge in [0.05, 0.1) is 22.0 Å². The molecule has 1 aliphatic carbocycles. The molecule has 2 aromatic carbocycles. The standard InChI is InChI=1S/C18H10N2O4/c1-8-5-10-14(12(22)6-8)15-16(20(10)7-19)18(24)13-9(17(15)23)3-2-4-11(13)21/h2-6,21-22H,1H3. The van der Waals surface area contributed by atoms with Crippen LogP contribution in [0.3, 0.4) is 0 Å². The number of fused-ring (bicyclic) bond motifs is 4. The van der Waals surface area contributed by atoms with Gasteiger partial charge in [0.2, 0.25) is 5.78 Å². The summed E-state index contributed by atoms with van der Waals surface area (Å²) in [6.45, 7) is 1.73. The van der Waals surface area contributed by atoms with Gasteiger partial charge in [-0.1, -0.05) is 12.1 Å². The number of phenols is 2. The summed E-state index contributed by atoms with van der Waals surface area (Å²) in [7, 11) is 0. The summed E-state index contributed by atoms with van der Waals surface area (Å²) in [5.74, 6) is -1.60. The van der Waals surface area contributed by atoms with Crippen molar-refractivity contribution < 1.29 is 19.8 Å². The molecule has 4 rings (SSSR count). The van der Waals surface area contributed by atoms with Crippen LogP contribution in [0.25, 0.3) is 10.9 Å². The van der Waals surface area contributed by atoms with E-state index in [0.717, 1.165) is 4.57 Å². The number of aromatic nitrogens is 1. The minimum atomic E-state index is -0.618. The average Bonchev–Trinajstić information content (AvgIpc) is 2.87. The van der Waals surface area contributed by atoms with Crippen LogP contribution in [0.5, 0.6) is 11.5 Å². The van der Waals surface area contributed by atoms with E-state index >= 15 is 0 Å². The third-order valence-corrected chi connectivity index (χ3v) is 4.25. The number of benzene rings is 2. The van der Waals surface area contributed by atoms with Gasteiger partial charge in [-0.3, -0.25) is 9.59 Å². The van der Waals surface area contributed by atoms with Gasteiger partial charge >= 0.3 is 0 Å². The fourth-order valence-electron chi connectivity index (χ4n) is 3.29. The second-order valence-electron chi connectivity index (χ2n) is 5.70. The van der Waals surface area contributed by atoms with E-state index < -0.39 is 11.6 Å². The molecule has 6 heteroatoms. The zero-order chi connectivity index (χ0) is 17.2. The second kappa shape index (κ2) is 4.46. The molecule has 24 heavy (non-hydrogen) atoms. The first-order chi connectivity index (χ1) is 11.5. The number of aryl methyl sites for hydroxylation is 1.